The van der Waals surface area contributed by atoms with Crippen LogP contribution in [0, 0.1) is 0 Å². The zero-order chi connectivity index (χ0) is 24.9. The van der Waals surface area contributed by atoms with E-state index in [2.05, 4.69) is 100 Å². The normalized spacial score (nSPS) is 13.9. The minimum Gasteiger partial charge on any atom is -0.399 e. The number of allylic oxidation sites excluding steroid dienone is 1. The molecule has 0 unspecified atom stereocenters. The Morgan fingerprint density at radius 2 is 1.33 bits per heavy atom. The van der Waals surface area contributed by atoms with Crippen molar-refractivity contribution >= 4 is 28.5 Å². The summed E-state index contributed by atoms with van der Waals surface area (Å²) >= 11 is 0. The van der Waals surface area contributed by atoms with Crippen LogP contribution in [0.3, 0.4) is 0 Å². The van der Waals surface area contributed by atoms with Gasteiger partial charge in [0.15, 0.2) is 0 Å². The summed E-state index contributed by atoms with van der Waals surface area (Å²) in [7, 11) is 0. The molecule has 1 aliphatic heterocycles. The molecule has 1 aliphatic rings. The molecular weight excluding hydrogens is 444 g/mol. The summed E-state index contributed by atoms with van der Waals surface area (Å²) in [5.74, 6) is -0.116. The molecule has 36 heavy (non-hydrogen) atoms. The summed E-state index contributed by atoms with van der Waals surface area (Å²) in [6, 6.07) is 35.0. The molecule has 4 aromatic rings. The van der Waals surface area contributed by atoms with Crippen LogP contribution >= 0.6 is 0 Å². The number of carbonyl (C=O) groups excluding carboxylic acids is 1. The van der Waals surface area contributed by atoms with E-state index in [4.69, 9.17) is 5.73 Å². The predicted octanol–water partition coefficient (Wildman–Crippen LogP) is 6.27. The van der Waals surface area contributed by atoms with E-state index in [-0.39, 0.29) is 5.91 Å². The number of nitrogens with one attached hydrogen (secondary N) is 2. The second kappa shape index (κ2) is 10.5. The molecule has 1 amide bonds. The summed E-state index contributed by atoms with van der Waals surface area (Å²) in [6.07, 6.45) is 0. The van der Waals surface area contributed by atoms with Crippen LogP contribution in [0.1, 0.15) is 29.2 Å². The van der Waals surface area contributed by atoms with Crippen molar-refractivity contribution in [3.05, 3.63) is 131 Å². The predicted molar refractivity (Wildman–Crippen MR) is 148 cm³/mol. The highest BCUT2D eigenvalue weighted by Crippen LogP contribution is 2.35. The van der Waals surface area contributed by atoms with E-state index in [9.17, 15) is 4.79 Å². The third-order valence-corrected chi connectivity index (χ3v) is 6.35. The number of hydrogen-bond acceptors (Lipinski definition) is 4. The third kappa shape index (κ3) is 5.48. The average Bonchev–Trinajstić information content (AvgIpc) is 3.21. The second-order valence-electron chi connectivity index (χ2n) is 9.20. The molecular formula is C31H30N4O. The lowest BCUT2D eigenvalue weighted by Gasteiger charge is -2.23. The average molecular weight is 475 g/mol. The Kier molecular flexibility index (Phi) is 6.83. The van der Waals surface area contributed by atoms with Crippen LogP contribution in [0.25, 0.3) is 5.57 Å². The summed E-state index contributed by atoms with van der Waals surface area (Å²) < 4.78 is 0. The maximum absolute atomic E-state index is 12.6. The topological polar surface area (TPSA) is 70.4 Å². The zero-order valence-corrected chi connectivity index (χ0v) is 20.4. The molecule has 180 valence electrons. The molecule has 0 saturated carbocycles. The minimum atomic E-state index is -0.116. The van der Waals surface area contributed by atoms with E-state index in [1.165, 1.54) is 16.7 Å². The number of nitrogens with two attached hydrogens (primary N) is 1. The van der Waals surface area contributed by atoms with Crippen LogP contribution in [0.5, 0.6) is 0 Å². The van der Waals surface area contributed by atoms with Crippen LogP contribution in [0.4, 0.5) is 17.1 Å². The van der Waals surface area contributed by atoms with Crippen LogP contribution < -0.4 is 16.4 Å². The van der Waals surface area contributed by atoms with Crippen LogP contribution in [-0.2, 0) is 24.4 Å². The number of hydrogen-bond donors (Lipinski definition) is 3. The largest absolute Gasteiger partial charge is 0.399 e. The molecule has 0 spiro atoms. The Hall–Kier alpha value is -4.35. The first kappa shape index (κ1) is 23.4. The second-order valence-corrected chi connectivity index (χ2v) is 9.20. The number of fused-ring (bicyclic) bond motifs is 1. The van der Waals surface area contributed by atoms with Gasteiger partial charge in [-0.15, -0.1) is 0 Å². The number of benzene rings is 4. The summed E-state index contributed by atoms with van der Waals surface area (Å²) in [4.78, 5) is 15.0. The number of rotatable bonds is 8. The first-order chi connectivity index (χ1) is 17.5. The van der Waals surface area contributed by atoms with Crippen molar-refractivity contribution in [1.82, 2.24) is 4.90 Å². The molecule has 4 aromatic carbocycles. The highest BCUT2D eigenvalue weighted by molar-refractivity contribution is 6.32. The van der Waals surface area contributed by atoms with Gasteiger partial charge in [-0.3, -0.25) is 9.69 Å². The number of carbonyl (C=O) groups is 1. The van der Waals surface area contributed by atoms with Gasteiger partial charge in [-0.1, -0.05) is 72.8 Å². The monoisotopic (exact) mass is 474 g/mol. The lowest BCUT2D eigenvalue weighted by Crippen LogP contribution is -2.22. The van der Waals surface area contributed by atoms with Crippen LogP contribution in [-0.4, -0.2) is 10.8 Å². The Labute approximate surface area is 212 Å². The van der Waals surface area contributed by atoms with Gasteiger partial charge in [-0.05, 0) is 53.9 Å². The molecule has 0 saturated heterocycles. The van der Waals surface area contributed by atoms with E-state index < -0.39 is 0 Å². The maximum Gasteiger partial charge on any atom is 0.258 e. The fourth-order valence-electron chi connectivity index (χ4n) is 4.64. The molecule has 5 rings (SSSR count). The Morgan fingerprint density at radius 1 is 0.778 bits per heavy atom. The molecule has 4 N–H and O–H groups in total. The van der Waals surface area contributed by atoms with Crippen molar-refractivity contribution in [2.75, 3.05) is 16.4 Å². The van der Waals surface area contributed by atoms with Gasteiger partial charge in [0.25, 0.3) is 5.91 Å². The molecule has 1 heterocycles. The van der Waals surface area contributed by atoms with Crippen molar-refractivity contribution in [2.45, 2.75) is 26.6 Å². The molecule has 0 fully saturated rings. The van der Waals surface area contributed by atoms with Crippen LogP contribution in [0.15, 0.2) is 109 Å². The van der Waals surface area contributed by atoms with Gasteiger partial charge in [0, 0.05) is 48.0 Å². The van der Waals surface area contributed by atoms with Gasteiger partial charge in [0.05, 0.1) is 5.57 Å². The quantitative estimate of drug-likeness (QED) is 0.208. The van der Waals surface area contributed by atoms with Gasteiger partial charge in [-0.25, -0.2) is 0 Å². The van der Waals surface area contributed by atoms with Crippen molar-refractivity contribution in [2.24, 2.45) is 0 Å². The lowest BCUT2D eigenvalue weighted by atomic mass is 10.0. The molecule has 0 bridgehead atoms. The smallest absolute Gasteiger partial charge is 0.258 e. The fraction of sp³-hybridized carbons (Fsp3) is 0.129. The van der Waals surface area contributed by atoms with Gasteiger partial charge in [0.1, 0.15) is 0 Å². The van der Waals surface area contributed by atoms with E-state index in [1.807, 2.05) is 19.1 Å². The van der Waals surface area contributed by atoms with Gasteiger partial charge in [-0.2, -0.15) is 0 Å². The van der Waals surface area contributed by atoms with E-state index in [1.54, 1.807) is 6.07 Å². The van der Waals surface area contributed by atoms with Crippen molar-refractivity contribution in [1.29, 1.82) is 0 Å². The standard InChI is InChI=1S/C31H30N4O/c1-22(30-28-18-26(32)14-17-29(28)34-31(30)36)33-27-15-12-25(13-16-27)21-35(19-23-8-4-2-5-9-23)20-24-10-6-3-7-11-24/h2-18,33H,19-21,32H2,1H3,(H,34,36)/b30-22-. The Morgan fingerprint density at radius 3 is 1.92 bits per heavy atom. The summed E-state index contributed by atoms with van der Waals surface area (Å²) in [5.41, 5.74) is 14.4. The fourth-order valence-corrected chi connectivity index (χ4v) is 4.64. The van der Waals surface area contributed by atoms with Crippen LogP contribution in [0.2, 0.25) is 0 Å². The van der Waals surface area contributed by atoms with Gasteiger partial charge >= 0.3 is 0 Å². The SMILES string of the molecule is C/C(Nc1ccc(CN(Cc2ccccc2)Cc2ccccc2)cc1)=C1/C(=O)Nc2ccc(N)cc21. The third-order valence-electron chi connectivity index (χ3n) is 6.35. The summed E-state index contributed by atoms with van der Waals surface area (Å²) in [5, 5.41) is 6.31. The zero-order valence-electron chi connectivity index (χ0n) is 20.4. The van der Waals surface area contributed by atoms with Gasteiger partial charge < -0.3 is 16.4 Å². The summed E-state index contributed by atoms with van der Waals surface area (Å²) in [6.45, 7) is 4.50. The molecule has 5 heteroatoms. The van der Waals surface area contributed by atoms with E-state index >= 15 is 0 Å². The highest BCUT2D eigenvalue weighted by Gasteiger charge is 2.26. The molecule has 0 atom stereocenters. The highest BCUT2D eigenvalue weighted by atomic mass is 16.2. The first-order valence-electron chi connectivity index (χ1n) is 12.1. The first-order valence-corrected chi connectivity index (χ1v) is 12.1. The number of nitrogen functional groups attached to an aromatic ring is 1. The van der Waals surface area contributed by atoms with E-state index in [0.29, 0.717) is 11.3 Å². The number of anilines is 3. The number of amides is 1. The molecule has 0 radical (unpaired) electrons. The Balaban J connectivity index is 1.31. The van der Waals surface area contributed by atoms with E-state index in [0.717, 1.165) is 42.3 Å². The molecule has 0 aromatic heterocycles. The van der Waals surface area contributed by atoms with Crippen molar-refractivity contribution in [3.8, 4) is 0 Å². The number of nitrogens with zero attached hydrogens (tertiary/aromatic N) is 1. The molecule has 5 nitrogen and oxygen atoms in total. The lowest BCUT2D eigenvalue weighted by molar-refractivity contribution is -0.110. The van der Waals surface area contributed by atoms with Crippen molar-refractivity contribution in [3.63, 3.8) is 0 Å². The minimum absolute atomic E-state index is 0.116. The van der Waals surface area contributed by atoms with Gasteiger partial charge in [0.2, 0.25) is 0 Å². The Bertz CT molecular complexity index is 1340. The maximum atomic E-state index is 12.6. The molecule has 0 aliphatic carbocycles. The van der Waals surface area contributed by atoms with Crippen molar-refractivity contribution < 1.29 is 4.79 Å².